The Kier molecular flexibility index (Phi) is 22.4. The van der Waals surface area contributed by atoms with Gasteiger partial charge in [-0.25, -0.2) is 0 Å². The number of anilines is 1. The molecule has 2 amide bonds. The Morgan fingerprint density at radius 2 is 1.45 bits per heavy atom. The fourth-order valence-corrected chi connectivity index (χ4v) is 4.22. The third kappa shape index (κ3) is 17.0. The predicted molar refractivity (Wildman–Crippen MR) is 214 cm³/mol. The minimum atomic E-state index is -0.245. The van der Waals surface area contributed by atoms with Crippen molar-refractivity contribution in [2.45, 2.75) is 74.1 Å². The van der Waals surface area contributed by atoms with Crippen LogP contribution in [0.2, 0.25) is 0 Å². The lowest BCUT2D eigenvalue weighted by atomic mass is 9.95. The van der Waals surface area contributed by atoms with Crippen molar-refractivity contribution in [3.8, 4) is 17.2 Å². The van der Waals surface area contributed by atoms with Crippen LogP contribution in [0.25, 0.3) is 0 Å². The second-order valence-corrected chi connectivity index (χ2v) is 11.6. The number of hydrogen-bond donors (Lipinski definition) is 4. The van der Waals surface area contributed by atoms with Crippen molar-refractivity contribution in [2.75, 3.05) is 25.6 Å². The number of nitrogens with two attached hydrogens (primary N) is 2. The molecular weight excluding hydrogens is 638 g/mol. The molecule has 0 saturated heterocycles. The molecule has 0 saturated carbocycles. The number of carbonyl (C=O) groups excluding carboxylic acids is 2. The highest BCUT2D eigenvalue weighted by molar-refractivity contribution is 6.07. The molecule has 6 N–H and O–H groups in total. The molecule has 0 radical (unpaired) electrons. The Hall–Kier alpha value is -4.99. The standard InChI is InChI=1S/C32H32N2O3.C4H12N2.C3H7NO.C3H8/c1-5-22(2)31(24-12-11-15-27(20-24)37-26-13-7-6-8-14-26)33-29-21-25(19-18-23(29)3)32(35)34-28-16-9-10-17-30(28)36-4;1-2-3-6-4-5;1-2-3(4)5;1-3-2/h6-22H,5H2,1-4H3,(H,34,35);6H,2-5H2,1H3;2H2,1H3,(H2,4,5);3H2,1-2H3. The van der Waals surface area contributed by atoms with Crippen molar-refractivity contribution in [1.29, 1.82) is 0 Å². The van der Waals surface area contributed by atoms with Gasteiger partial charge in [0.05, 0.1) is 24.2 Å². The molecule has 1 unspecified atom stereocenters. The fraction of sp³-hybridized carbons (Fsp3) is 0.357. The molecule has 51 heavy (non-hydrogen) atoms. The average Bonchev–Trinajstić information content (AvgIpc) is 3.14. The van der Waals surface area contributed by atoms with Crippen LogP contribution in [-0.4, -0.2) is 37.8 Å². The van der Waals surface area contributed by atoms with Crippen LogP contribution >= 0.6 is 0 Å². The number of amides is 2. The number of benzene rings is 4. The number of aryl methyl sites for hydroxylation is 1. The number of hydrogen-bond acceptors (Lipinski definition) is 7. The van der Waals surface area contributed by atoms with Gasteiger partial charge in [-0.3, -0.25) is 14.6 Å². The van der Waals surface area contributed by atoms with Crippen LogP contribution in [0.4, 0.5) is 11.4 Å². The maximum atomic E-state index is 13.1. The number of primary amides is 1. The summed E-state index contributed by atoms with van der Waals surface area (Å²) in [6.45, 7) is 16.0. The summed E-state index contributed by atoms with van der Waals surface area (Å²) in [7, 11) is 1.58. The summed E-state index contributed by atoms with van der Waals surface area (Å²) in [5.74, 6) is 1.89. The van der Waals surface area contributed by atoms with Crippen LogP contribution in [0, 0.1) is 12.8 Å². The Morgan fingerprint density at radius 3 is 2.02 bits per heavy atom. The molecule has 0 heterocycles. The quantitative estimate of drug-likeness (QED) is 0.0623. The highest BCUT2D eigenvalue weighted by Gasteiger charge is 2.16. The minimum Gasteiger partial charge on any atom is -0.495 e. The molecule has 9 nitrogen and oxygen atoms in total. The highest BCUT2D eigenvalue weighted by Crippen LogP contribution is 2.29. The first kappa shape index (κ1) is 44.0. The van der Waals surface area contributed by atoms with E-state index < -0.39 is 0 Å². The lowest BCUT2D eigenvalue weighted by Crippen LogP contribution is -2.22. The van der Waals surface area contributed by atoms with E-state index in [0.717, 1.165) is 53.4 Å². The van der Waals surface area contributed by atoms with E-state index in [0.29, 0.717) is 30.1 Å². The summed E-state index contributed by atoms with van der Waals surface area (Å²) in [5, 5.41) is 5.92. The smallest absolute Gasteiger partial charge is 0.255 e. The monoisotopic (exact) mass is 697 g/mol. The van der Waals surface area contributed by atoms with Crippen molar-refractivity contribution in [3.63, 3.8) is 0 Å². The van der Waals surface area contributed by atoms with Gasteiger partial charge in [0.2, 0.25) is 5.91 Å². The summed E-state index contributed by atoms with van der Waals surface area (Å²) in [5.41, 5.74) is 14.6. The van der Waals surface area contributed by atoms with Gasteiger partial charge in [-0.15, -0.1) is 0 Å². The molecule has 0 aliphatic heterocycles. The van der Waals surface area contributed by atoms with E-state index in [1.54, 1.807) is 14.0 Å². The van der Waals surface area contributed by atoms with Gasteiger partial charge >= 0.3 is 0 Å². The molecule has 4 aromatic rings. The Bertz CT molecular complexity index is 1600. The summed E-state index contributed by atoms with van der Waals surface area (Å²) >= 11 is 0. The molecule has 0 fully saturated rings. The van der Waals surface area contributed by atoms with Gasteiger partial charge in [0.15, 0.2) is 0 Å². The number of carbonyl (C=O) groups is 2. The molecule has 276 valence electrons. The fourth-order valence-electron chi connectivity index (χ4n) is 4.22. The van der Waals surface area contributed by atoms with Gasteiger partial charge in [-0.1, -0.05) is 96.5 Å². The van der Waals surface area contributed by atoms with Crippen LogP contribution in [0.1, 0.15) is 88.7 Å². The second-order valence-electron chi connectivity index (χ2n) is 11.6. The molecule has 0 aliphatic rings. The number of aliphatic imine (C=N–C) groups is 1. The lowest BCUT2D eigenvalue weighted by Gasteiger charge is -2.16. The van der Waals surface area contributed by atoms with E-state index in [4.69, 9.17) is 20.2 Å². The molecule has 4 rings (SSSR count). The van der Waals surface area contributed by atoms with Crippen LogP contribution in [0.3, 0.4) is 0 Å². The van der Waals surface area contributed by atoms with Gasteiger partial charge < -0.3 is 31.6 Å². The molecule has 0 aromatic heterocycles. The molecule has 0 spiro atoms. The van der Waals surface area contributed by atoms with E-state index in [2.05, 4.69) is 57.1 Å². The summed E-state index contributed by atoms with van der Waals surface area (Å²) in [6.07, 6.45) is 3.78. The van der Waals surface area contributed by atoms with Crippen LogP contribution in [0.15, 0.2) is 102 Å². The topological polar surface area (TPSA) is 141 Å². The van der Waals surface area contributed by atoms with E-state index >= 15 is 0 Å². The SMILES string of the molecule is CCC.CCC(C)C(=Nc1cc(C(=O)Nc2ccccc2OC)ccc1C)c1cccc(Oc2ccccc2)c1.CCC(N)=O.CCCNCN. The highest BCUT2D eigenvalue weighted by atomic mass is 16.5. The zero-order valence-electron chi connectivity index (χ0n) is 31.8. The van der Waals surface area contributed by atoms with Crippen molar-refractivity contribution in [1.82, 2.24) is 5.32 Å². The number of ether oxygens (including phenoxy) is 2. The average molecular weight is 698 g/mol. The number of para-hydroxylation sites is 3. The first-order chi connectivity index (χ1) is 24.6. The summed E-state index contributed by atoms with van der Waals surface area (Å²) in [6, 6.07) is 30.7. The lowest BCUT2D eigenvalue weighted by molar-refractivity contribution is -0.117. The number of methoxy groups -OCH3 is 1. The van der Waals surface area contributed by atoms with E-state index in [1.165, 1.54) is 6.42 Å². The molecule has 0 bridgehead atoms. The number of nitrogens with one attached hydrogen (secondary N) is 2. The Labute approximate surface area is 305 Å². The number of nitrogens with zero attached hydrogens (tertiary/aromatic N) is 1. The van der Waals surface area contributed by atoms with Crippen molar-refractivity contribution in [2.24, 2.45) is 22.4 Å². The van der Waals surface area contributed by atoms with Crippen LogP contribution in [-0.2, 0) is 4.79 Å². The zero-order chi connectivity index (χ0) is 38.0. The second kappa shape index (κ2) is 25.9. The van der Waals surface area contributed by atoms with Crippen molar-refractivity contribution < 1.29 is 19.1 Å². The molecule has 4 aromatic carbocycles. The molecule has 9 heteroatoms. The maximum Gasteiger partial charge on any atom is 0.255 e. The van der Waals surface area contributed by atoms with E-state index in [1.807, 2.05) is 97.9 Å². The molecule has 1 atom stereocenters. The summed E-state index contributed by atoms with van der Waals surface area (Å²) in [4.78, 5) is 27.8. The maximum absolute atomic E-state index is 13.1. The third-order valence-electron chi connectivity index (χ3n) is 7.17. The minimum absolute atomic E-state index is 0.206. The predicted octanol–water partition coefficient (Wildman–Crippen LogP) is 9.42. The Balaban J connectivity index is 0.000000790. The normalized spacial score (nSPS) is 10.9. The van der Waals surface area contributed by atoms with Crippen molar-refractivity contribution >= 4 is 28.9 Å². The number of rotatable bonds is 13. The van der Waals surface area contributed by atoms with E-state index in [-0.39, 0.29) is 17.7 Å². The van der Waals surface area contributed by atoms with Gasteiger partial charge in [0.25, 0.3) is 5.91 Å². The largest absolute Gasteiger partial charge is 0.495 e. The van der Waals surface area contributed by atoms with Gasteiger partial charge in [0, 0.05) is 18.7 Å². The van der Waals surface area contributed by atoms with Crippen molar-refractivity contribution in [3.05, 3.63) is 114 Å². The Morgan fingerprint density at radius 1 is 0.824 bits per heavy atom. The molecular formula is C42H59N5O4. The first-order valence-electron chi connectivity index (χ1n) is 17.7. The van der Waals surface area contributed by atoms with E-state index in [9.17, 15) is 9.59 Å². The van der Waals surface area contributed by atoms with Crippen LogP contribution in [0.5, 0.6) is 17.2 Å². The molecule has 0 aliphatic carbocycles. The third-order valence-corrected chi connectivity index (χ3v) is 7.17. The van der Waals surface area contributed by atoms with Crippen LogP contribution < -0.4 is 31.6 Å². The van der Waals surface area contributed by atoms with Gasteiger partial charge in [0.1, 0.15) is 17.2 Å². The zero-order valence-corrected chi connectivity index (χ0v) is 31.8. The van der Waals surface area contributed by atoms with Gasteiger partial charge in [-0.2, -0.15) is 0 Å². The van der Waals surface area contributed by atoms with Gasteiger partial charge in [-0.05, 0) is 91.9 Å². The first-order valence-corrected chi connectivity index (χ1v) is 17.7. The summed E-state index contributed by atoms with van der Waals surface area (Å²) < 4.78 is 11.4.